The first-order valence-electron chi connectivity index (χ1n) is 8.57. The zero-order valence-corrected chi connectivity index (χ0v) is 16.3. The number of nitrogens with zero attached hydrogens (tertiary/aromatic N) is 2. The first-order valence-corrected chi connectivity index (χ1v) is 8.94. The van der Waals surface area contributed by atoms with Crippen molar-refractivity contribution in [3.8, 4) is 0 Å². The lowest BCUT2D eigenvalue weighted by atomic mass is 9.92. The number of urea groups is 1. The zero-order valence-electron chi connectivity index (χ0n) is 15.6. The number of imide groups is 1. The molecule has 3 rings (SSSR count). The van der Waals surface area contributed by atoms with E-state index in [1.165, 1.54) is 18.2 Å². The summed E-state index contributed by atoms with van der Waals surface area (Å²) in [6, 6.07) is 9.75. The molecule has 0 bridgehead atoms. The molecule has 2 aromatic rings. The normalized spacial score (nSPS) is 18.5. The third kappa shape index (κ3) is 3.90. The van der Waals surface area contributed by atoms with Gasteiger partial charge in [0.05, 0.1) is 4.92 Å². The van der Waals surface area contributed by atoms with Crippen molar-refractivity contribution >= 4 is 40.8 Å². The SMILES string of the molecule is Cc1cc([N+](=O)[O-])ccc1NC(=O)CN1C(=O)NC(C)(c2ccc(Cl)cc2)C1=O. The molecule has 0 radical (unpaired) electrons. The van der Waals surface area contributed by atoms with Gasteiger partial charge in [-0.05, 0) is 43.2 Å². The van der Waals surface area contributed by atoms with Gasteiger partial charge in [0, 0.05) is 22.8 Å². The van der Waals surface area contributed by atoms with Crippen LogP contribution >= 0.6 is 11.6 Å². The van der Waals surface area contributed by atoms with Crippen LogP contribution in [0.25, 0.3) is 0 Å². The molecule has 1 fully saturated rings. The van der Waals surface area contributed by atoms with E-state index in [9.17, 15) is 24.5 Å². The highest BCUT2D eigenvalue weighted by Crippen LogP contribution is 2.29. The fourth-order valence-corrected chi connectivity index (χ4v) is 3.18. The molecule has 4 amide bonds. The molecular weight excluding hydrogens is 400 g/mol. The minimum absolute atomic E-state index is 0.103. The van der Waals surface area contributed by atoms with Crippen molar-refractivity contribution in [3.63, 3.8) is 0 Å². The highest BCUT2D eigenvalue weighted by molar-refractivity contribution is 6.30. The molecule has 1 aliphatic heterocycles. The third-order valence-corrected chi connectivity index (χ3v) is 4.95. The maximum atomic E-state index is 12.9. The van der Waals surface area contributed by atoms with Crippen molar-refractivity contribution in [2.45, 2.75) is 19.4 Å². The molecule has 0 saturated carbocycles. The van der Waals surface area contributed by atoms with Crippen molar-refractivity contribution in [3.05, 3.63) is 68.7 Å². The Balaban J connectivity index is 1.74. The Hall–Kier alpha value is -3.46. The molecule has 2 aromatic carbocycles. The summed E-state index contributed by atoms with van der Waals surface area (Å²) in [5.74, 6) is -1.17. The molecule has 0 aliphatic carbocycles. The number of benzene rings is 2. The summed E-state index contributed by atoms with van der Waals surface area (Å²) in [7, 11) is 0. The van der Waals surface area contributed by atoms with Crippen LogP contribution in [0.2, 0.25) is 5.02 Å². The van der Waals surface area contributed by atoms with Crippen LogP contribution in [0.3, 0.4) is 0 Å². The summed E-state index contributed by atoms with van der Waals surface area (Å²) in [6.07, 6.45) is 0. The van der Waals surface area contributed by atoms with Crippen molar-refractivity contribution < 1.29 is 19.3 Å². The van der Waals surface area contributed by atoms with E-state index in [1.807, 2.05) is 0 Å². The Bertz CT molecular complexity index is 1020. The number of hydrogen-bond donors (Lipinski definition) is 2. The largest absolute Gasteiger partial charge is 0.325 e. The van der Waals surface area contributed by atoms with Crippen molar-refractivity contribution in [2.75, 3.05) is 11.9 Å². The van der Waals surface area contributed by atoms with Crippen LogP contribution in [-0.2, 0) is 15.1 Å². The Morgan fingerprint density at radius 3 is 2.48 bits per heavy atom. The number of nitrogens with one attached hydrogen (secondary N) is 2. The quantitative estimate of drug-likeness (QED) is 0.441. The van der Waals surface area contributed by atoms with Gasteiger partial charge < -0.3 is 10.6 Å². The maximum absolute atomic E-state index is 12.9. The minimum atomic E-state index is -1.31. The Morgan fingerprint density at radius 2 is 1.90 bits per heavy atom. The number of amides is 4. The second kappa shape index (κ2) is 7.51. The van der Waals surface area contributed by atoms with Gasteiger partial charge in [0.1, 0.15) is 12.1 Å². The lowest BCUT2D eigenvalue weighted by Gasteiger charge is -2.22. The second-order valence-electron chi connectivity index (χ2n) is 6.76. The fraction of sp³-hybridized carbons (Fsp3) is 0.211. The molecule has 1 saturated heterocycles. The predicted molar refractivity (Wildman–Crippen MR) is 106 cm³/mol. The van der Waals surface area contributed by atoms with Crippen LogP contribution in [-0.4, -0.2) is 34.2 Å². The van der Waals surface area contributed by atoms with Gasteiger partial charge in [-0.25, -0.2) is 4.79 Å². The van der Waals surface area contributed by atoms with Crippen molar-refractivity contribution in [1.82, 2.24) is 10.2 Å². The van der Waals surface area contributed by atoms with Gasteiger partial charge in [-0.1, -0.05) is 23.7 Å². The number of rotatable bonds is 5. The van der Waals surface area contributed by atoms with E-state index < -0.39 is 34.9 Å². The molecule has 10 heteroatoms. The van der Waals surface area contributed by atoms with Crippen LogP contribution in [0.1, 0.15) is 18.1 Å². The molecule has 1 heterocycles. The second-order valence-corrected chi connectivity index (χ2v) is 7.19. The van der Waals surface area contributed by atoms with Gasteiger partial charge in [0.25, 0.3) is 11.6 Å². The first kappa shape index (κ1) is 20.3. The zero-order chi connectivity index (χ0) is 21.3. The molecule has 1 aliphatic rings. The number of nitro benzene ring substituents is 1. The summed E-state index contributed by atoms with van der Waals surface area (Å²) < 4.78 is 0. The summed E-state index contributed by atoms with van der Waals surface area (Å²) in [5.41, 5.74) is -0.0443. The van der Waals surface area contributed by atoms with E-state index in [2.05, 4.69) is 10.6 Å². The van der Waals surface area contributed by atoms with Crippen LogP contribution in [0.15, 0.2) is 42.5 Å². The van der Waals surface area contributed by atoms with Crippen LogP contribution in [0.5, 0.6) is 0 Å². The Morgan fingerprint density at radius 1 is 1.24 bits per heavy atom. The maximum Gasteiger partial charge on any atom is 0.325 e. The monoisotopic (exact) mass is 416 g/mol. The first-order chi connectivity index (χ1) is 13.6. The average Bonchev–Trinajstić information content (AvgIpc) is 2.87. The smallest absolute Gasteiger partial charge is 0.324 e. The molecule has 2 N–H and O–H groups in total. The topological polar surface area (TPSA) is 122 Å². The number of hydrogen-bond acceptors (Lipinski definition) is 5. The molecule has 0 spiro atoms. The van der Waals surface area contributed by atoms with Gasteiger partial charge in [-0.3, -0.25) is 24.6 Å². The number of non-ortho nitro benzene ring substituents is 1. The van der Waals surface area contributed by atoms with Gasteiger partial charge in [0.15, 0.2) is 0 Å². The van der Waals surface area contributed by atoms with E-state index in [1.54, 1.807) is 38.1 Å². The molecule has 29 heavy (non-hydrogen) atoms. The molecular formula is C19H17ClN4O5. The molecule has 0 aromatic heterocycles. The van der Waals surface area contributed by atoms with E-state index in [-0.39, 0.29) is 5.69 Å². The van der Waals surface area contributed by atoms with Crippen molar-refractivity contribution in [1.29, 1.82) is 0 Å². The van der Waals surface area contributed by atoms with E-state index in [4.69, 9.17) is 11.6 Å². The molecule has 9 nitrogen and oxygen atoms in total. The molecule has 1 atom stereocenters. The van der Waals surface area contributed by atoms with Crippen LogP contribution < -0.4 is 10.6 Å². The van der Waals surface area contributed by atoms with Crippen molar-refractivity contribution in [2.24, 2.45) is 0 Å². The van der Waals surface area contributed by atoms with Gasteiger partial charge in [-0.2, -0.15) is 0 Å². The summed E-state index contributed by atoms with van der Waals surface area (Å²) in [5, 5.41) is 16.5. The number of nitro groups is 1. The lowest BCUT2D eigenvalue weighted by Crippen LogP contribution is -2.42. The number of aryl methyl sites for hydroxylation is 1. The number of halogens is 1. The summed E-state index contributed by atoms with van der Waals surface area (Å²) >= 11 is 5.87. The number of anilines is 1. The highest BCUT2D eigenvalue weighted by atomic mass is 35.5. The molecule has 150 valence electrons. The van der Waals surface area contributed by atoms with Gasteiger partial charge >= 0.3 is 6.03 Å². The number of carbonyl (C=O) groups excluding carboxylic acids is 3. The predicted octanol–water partition coefficient (Wildman–Crippen LogP) is 2.96. The summed E-state index contributed by atoms with van der Waals surface area (Å²) in [6.45, 7) is 2.66. The van der Waals surface area contributed by atoms with Crippen LogP contribution in [0, 0.1) is 17.0 Å². The fourth-order valence-electron chi connectivity index (χ4n) is 3.05. The summed E-state index contributed by atoms with van der Waals surface area (Å²) in [4.78, 5) is 48.7. The van der Waals surface area contributed by atoms with Crippen LogP contribution in [0.4, 0.5) is 16.2 Å². The number of carbonyl (C=O) groups is 3. The lowest BCUT2D eigenvalue weighted by molar-refractivity contribution is -0.384. The highest BCUT2D eigenvalue weighted by Gasteiger charge is 2.49. The van der Waals surface area contributed by atoms with E-state index >= 15 is 0 Å². The standard InChI is InChI=1S/C19H17ClN4O5/c1-11-9-14(24(28)29)7-8-15(11)21-16(25)10-23-17(26)19(2,22-18(23)27)12-3-5-13(20)6-4-12/h3-9H,10H2,1-2H3,(H,21,25)(H,22,27). The Labute approximate surface area is 170 Å². The van der Waals surface area contributed by atoms with Gasteiger partial charge in [0.2, 0.25) is 5.91 Å². The Kier molecular flexibility index (Phi) is 5.25. The van der Waals surface area contributed by atoms with E-state index in [0.717, 1.165) is 4.90 Å². The molecule has 1 unspecified atom stereocenters. The van der Waals surface area contributed by atoms with E-state index in [0.29, 0.717) is 21.8 Å². The average molecular weight is 417 g/mol. The van der Waals surface area contributed by atoms with Gasteiger partial charge in [-0.15, -0.1) is 0 Å². The third-order valence-electron chi connectivity index (χ3n) is 4.69. The minimum Gasteiger partial charge on any atom is -0.324 e.